The summed E-state index contributed by atoms with van der Waals surface area (Å²) in [6.45, 7) is 5.74. The number of benzene rings is 1. The Kier molecular flexibility index (Phi) is 5.34. The molecule has 0 radical (unpaired) electrons. The van der Waals surface area contributed by atoms with E-state index < -0.39 is 0 Å². The van der Waals surface area contributed by atoms with E-state index in [9.17, 15) is 4.79 Å². The first-order valence-corrected chi connectivity index (χ1v) is 9.75. The van der Waals surface area contributed by atoms with Crippen LogP contribution in [0.15, 0.2) is 35.6 Å². The molecule has 1 aromatic heterocycles. The van der Waals surface area contributed by atoms with Crippen LogP contribution in [0.5, 0.6) is 0 Å². The van der Waals surface area contributed by atoms with Gasteiger partial charge in [0.15, 0.2) is 5.82 Å². The predicted octanol–water partition coefficient (Wildman–Crippen LogP) is 2.87. The largest absolute Gasteiger partial charge is 0.376 e. The summed E-state index contributed by atoms with van der Waals surface area (Å²) in [6, 6.07) is 8.30. The van der Waals surface area contributed by atoms with Crippen LogP contribution in [-0.4, -0.2) is 47.4 Å². The van der Waals surface area contributed by atoms with E-state index in [-0.39, 0.29) is 12.0 Å². The van der Waals surface area contributed by atoms with Crippen LogP contribution in [-0.2, 0) is 16.0 Å². The summed E-state index contributed by atoms with van der Waals surface area (Å²) in [7, 11) is 0. The Morgan fingerprint density at radius 1 is 1.36 bits per heavy atom. The first-order valence-electron chi connectivity index (χ1n) is 9.75. The van der Waals surface area contributed by atoms with Gasteiger partial charge in [-0.15, -0.1) is 0 Å². The van der Waals surface area contributed by atoms with Crippen LogP contribution in [0.1, 0.15) is 31.0 Å². The van der Waals surface area contributed by atoms with Gasteiger partial charge in [-0.25, -0.2) is 15.0 Å². The molecule has 1 saturated heterocycles. The molecule has 4 rings (SSSR count). The third-order valence-corrected chi connectivity index (χ3v) is 5.25. The lowest BCUT2D eigenvalue weighted by molar-refractivity contribution is -0.115. The third-order valence-electron chi connectivity index (χ3n) is 5.25. The van der Waals surface area contributed by atoms with Crippen molar-refractivity contribution in [1.82, 2.24) is 15.3 Å². The number of carbonyl (C=O) groups is 1. The van der Waals surface area contributed by atoms with Crippen LogP contribution in [0.4, 0.5) is 17.2 Å². The van der Waals surface area contributed by atoms with E-state index in [0.717, 1.165) is 49.6 Å². The summed E-state index contributed by atoms with van der Waals surface area (Å²) >= 11 is 0. The number of rotatable bonds is 5. The zero-order valence-corrected chi connectivity index (χ0v) is 16.3. The van der Waals surface area contributed by atoms with Gasteiger partial charge in [-0.1, -0.05) is 18.2 Å². The van der Waals surface area contributed by atoms with Gasteiger partial charge in [-0.05, 0) is 44.7 Å². The van der Waals surface area contributed by atoms with Gasteiger partial charge in [0.2, 0.25) is 0 Å². The fourth-order valence-corrected chi connectivity index (χ4v) is 3.70. The van der Waals surface area contributed by atoms with Crippen molar-refractivity contribution in [3.05, 3.63) is 41.9 Å². The molecule has 1 fully saturated rings. The Balaban J connectivity index is 1.57. The molecule has 1 unspecified atom stereocenters. The van der Waals surface area contributed by atoms with Crippen molar-refractivity contribution in [2.75, 3.05) is 24.6 Å². The minimum absolute atomic E-state index is 0.107. The Hall–Kier alpha value is -2.80. The lowest BCUT2D eigenvalue weighted by Gasteiger charge is -2.20. The zero-order valence-electron chi connectivity index (χ0n) is 16.3. The summed E-state index contributed by atoms with van der Waals surface area (Å²) in [5.41, 5.74) is 4.21. The summed E-state index contributed by atoms with van der Waals surface area (Å²) in [5, 5.41) is 2.92. The number of hydrogen-bond donors (Lipinski definition) is 1. The fraction of sp³-hybridized carbons (Fsp3) is 0.429. The SMILES string of the molecule is CC(=Nc1c(C)ncnc1N1CCc2ccccc21)C(=O)NCC1CCCO1. The van der Waals surface area contributed by atoms with Crippen LogP contribution in [0.25, 0.3) is 0 Å². The molecule has 3 heterocycles. The van der Waals surface area contributed by atoms with Crippen molar-refractivity contribution in [2.24, 2.45) is 4.99 Å². The smallest absolute Gasteiger partial charge is 0.265 e. The molecule has 146 valence electrons. The second-order valence-corrected chi connectivity index (χ2v) is 7.20. The van der Waals surface area contributed by atoms with Crippen molar-refractivity contribution in [2.45, 2.75) is 39.2 Å². The monoisotopic (exact) mass is 379 g/mol. The molecule has 0 bridgehead atoms. The minimum atomic E-state index is -0.188. The van der Waals surface area contributed by atoms with E-state index >= 15 is 0 Å². The molecule has 0 spiro atoms. The predicted molar refractivity (Wildman–Crippen MR) is 109 cm³/mol. The molecule has 1 amide bonds. The van der Waals surface area contributed by atoms with Gasteiger partial charge in [0.1, 0.15) is 17.7 Å². The van der Waals surface area contributed by atoms with Crippen molar-refractivity contribution in [3.63, 3.8) is 0 Å². The molecule has 2 aliphatic rings. The standard InChI is InChI=1S/C21H25N5O2/c1-14-19(25-15(2)21(27)22-12-17-7-5-11-28-17)20(24-13-23-14)26-10-9-16-6-3-4-8-18(16)26/h3-4,6,8,13,17H,5,7,9-12H2,1-2H3,(H,22,27). The minimum Gasteiger partial charge on any atom is -0.376 e. The van der Waals surface area contributed by atoms with E-state index in [1.165, 1.54) is 5.56 Å². The number of amides is 1. The molecule has 1 aromatic carbocycles. The molecule has 7 heteroatoms. The number of fused-ring (bicyclic) bond motifs is 1. The van der Waals surface area contributed by atoms with Gasteiger partial charge < -0.3 is 15.0 Å². The summed E-state index contributed by atoms with van der Waals surface area (Å²) in [4.78, 5) is 28.1. The number of hydrogen-bond acceptors (Lipinski definition) is 6. The lowest BCUT2D eigenvalue weighted by atomic mass is 10.2. The molecule has 2 aromatic rings. The second kappa shape index (κ2) is 8.06. The lowest BCUT2D eigenvalue weighted by Crippen LogP contribution is -2.35. The number of aliphatic imine (C=N–C) groups is 1. The molecular weight excluding hydrogens is 354 g/mol. The summed E-state index contributed by atoms with van der Waals surface area (Å²) in [5.74, 6) is 0.551. The Morgan fingerprint density at radius 3 is 3.04 bits per heavy atom. The molecule has 0 saturated carbocycles. The third kappa shape index (κ3) is 3.75. The van der Waals surface area contributed by atoms with Crippen LogP contribution in [0.2, 0.25) is 0 Å². The van der Waals surface area contributed by atoms with E-state index in [0.29, 0.717) is 17.9 Å². The van der Waals surface area contributed by atoms with Crippen molar-refractivity contribution >= 4 is 28.8 Å². The maximum absolute atomic E-state index is 12.5. The van der Waals surface area contributed by atoms with Crippen molar-refractivity contribution in [1.29, 1.82) is 0 Å². The Labute approximate surface area is 164 Å². The van der Waals surface area contributed by atoms with Crippen LogP contribution >= 0.6 is 0 Å². The number of nitrogens with zero attached hydrogens (tertiary/aromatic N) is 4. The van der Waals surface area contributed by atoms with Crippen molar-refractivity contribution in [3.8, 4) is 0 Å². The highest BCUT2D eigenvalue weighted by atomic mass is 16.5. The molecule has 1 N–H and O–H groups in total. The quantitative estimate of drug-likeness (QED) is 0.808. The van der Waals surface area contributed by atoms with Crippen molar-refractivity contribution < 1.29 is 9.53 Å². The molecule has 0 aliphatic carbocycles. The fourth-order valence-electron chi connectivity index (χ4n) is 3.70. The normalized spacial score (nSPS) is 19.0. The van der Waals surface area contributed by atoms with Crippen LogP contribution < -0.4 is 10.2 Å². The van der Waals surface area contributed by atoms with Gasteiger partial charge in [-0.3, -0.25) is 4.79 Å². The summed E-state index contributed by atoms with van der Waals surface area (Å²) in [6.07, 6.45) is 4.66. The topological polar surface area (TPSA) is 79.7 Å². The first kappa shape index (κ1) is 18.6. The van der Waals surface area contributed by atoms with Gasteiger partial charge in [-0.2, -0.15) is 0 Å². The Bertz CT molecular complexity index is 905. The maximum atomic E-state index is 12.5. The van der Waals surface area contributed by atoms with E-state index in [1.807, 2.05) is 13.0 Å². The average molecular weight is 379 g/mol. The van der Waals surface area contributed by atoms with Gasteiger partial charge in [0.05, 0.1) is 11.8 Å². The van der Waals surface area contributed by atoms with Crippen LogP contribution in [0, 0.1) is 6.92 Å². The van der Waals surface area contributed by atoms with E-state index in [1.54, 1.807) is 13.3 Å². The van der Waals surface area contributed by atoms with Gasteiger partial charge >= 0.3 is 0 Å². The van der Waals surface area contributed by atoms with Gasteiger partial charge in [0.25, 0.3) is 5.91 Å². The number of carbonyl (C=O) groups excluding carboxylic acids is 1. The molecule has 1 atom stereocenters. The van der Waals surface area contributed by atoms with E-state index in [2.05, 4.69) is 43.4 Å². The van der Waals surface area contributed by atoms with Gasteiger partial charge in [0, 0.05) is 25.4 Å². The number of para-hydroxylation sites is 1. The zero-order chi connectivity index (χ0) is 19.5. The molecule has 28 heavy (non-hydrogen) atoms. The number of anilines is 2. The Morgan fingerprint density at radius 2 is 2.21 bits per heavy atom. The number of aromatic nitrogens is 2. The number of aryl methyl sites for hydroxylation is 1. The first-order chi connectivity index (χ1) is 13.6. The van der Waals surface area contributed by atoms with Crippen LogP contribution in [0.3, 0.4) is 0 Å². The van der Waals surface area contributed by atoms with E-state index in [4.69, 9.17) is 4.74 Å². The maximum Gasteiger partial charge on any atom is 0.265 e. The highest BCUT2D eigenvalue weighted by Crippen LogP contribution is 2.38. The second-order valence-electron chi connectivity index (χ2n) is 7.20. The highest BCUT2D eigenvalue weighted by molar-refractivity contribution is 6.38. The number of nitrogens with one attached hydrogen (secondary N) is 1. The molecule has 2 aliphatic heterocycles. The number of ether oxygens (including phenoxy) is 1. The molecular formula is C21H25N5O2. The summed E-state index contributed by atoms with van der Waals surface area (Å²) < 4.78 is 5.56. The molecule has 7 nitrogen and oxygen atoms in total. The highest BCUT2D eigenvalue weighted by Gasteiger charge is 2.25. The average Bonchev–Trinajstić information content (AvgIpc) is 3.37.